The van der Waals surface area contributed by atoms with Gasteiger partial charge in [-0.15, -0.1) is 0 Å². The van der Waals surface area contributed by atoms with Crippen molar-refractivity contribution in [3.05, 3.63) is 89.7 Å². The van der Waals surface area contributed by atoms with E-state index in [2.05, 4.69) is 5.32 Å². The fraction of sp³-hybridized carbons (Fsp3) is 0.310. The van der Waals surface area contributed by atoms with E-state index in [1.807, 2.05) is 38.1 Å². The number of ether oxygens (including phenoxy) is 1. The number of nitrogens with zero attached hydrogens (tertiary/aromatic N) is 2. The first kappa shape index (κ1) is 29.6. The number of amides is 2. The van der Waals surface area contributed by atoms with E-state index in [9.17, 15) is 22.4 Å². The standard InChI is InChI=1S/C29H34FN3O5S/c1-5-31-29(35)22(4)32(19-23-9-7-21(3)8-10-23)28(34)20-33(25-13-15-26(16-14-25)38-6-2)39(36,37)27-17-11-24(30)12-18-27/h7-18,22H,5-6,19-20H2,1-4H3,(H,31,35)/t22-/m0/s1. The lowest BCUT2D eigenvalue weighted by Gasteiger charge is -2.32. The molecule has 0 radical (unpaired) electrons. The molecule has 2 amide bonds. The van der Waals surface area contributed by atoms with Crippen molar-refractivity contribution in [1.29, 1.82) is 0 Å². The highest BCUT2D eigenvalue weighted by atomic mass is 32.2. The zero-order chi connectivity index (χ0) is 28.6. The summed E-state index contributed by atoms with van der Waals surface area (Å²) in [5.41, 5.74) is 2.05. The number of likely N-dealkylation sites (N-methyl/N-ethyl adjacent to an activating group) is 1. The highest BCUT2D eigenvalue weighted by Crippen LogP contribution is 2.27. The number of hydrogen-bond acceptors (Lipinski definition) is 5. The lowest BCUT2D eigenvalue weighted by atomic mass is 10.1. The molecule has 8 nitrogen and oxygen atoms in total. The molecule has 0 aliphatic heterocycles. The third-order valence-electron chi connectivity index (χ3n) is 6.11. The number of rotatable bonds is 12. The van der Waals surface area contributed by atoms with Crippen LogP contribution in [0.4, 0.5) is 10.1 Å². The minimum absolute atomic E-state index is 0.102. The maximum Gasteiger partial charge on any atom is 0.264 e. The van der Waals surface area contributed by atoms with Crippen molar-refractivity contribution in [2.45, 2.75) is 45.2 Å². The number of sulfonamides is 1. The fourth-order valence-electron chi connectivity index (χ4n) is 3.93. The molecule has 39 heavy (non-hydrogen) atoms. The number of carbonyl (C=O) groups excluding carboxylic acids is 2. The van der Waals surface area contributed by atoms with E-state index in [4.69, 9.17) is 4.74 Å². The van der Waals surface area contributed by atoms with Gasteiger partial charge in [-0.1, -0.05) is 29.8 Å². The zero-order valence-corrected chi connectivity index (χ0v) is 23.4. The van der Waals surface area contributed by atoms with Crippen molar-refractivity contribution in [1.82, 2.24) is 10.2 Å². The highest BCUT2D eigenvalue weighted by molar-refractivity contribution is 7.92. The number of benzene rings is 3. The number of carbonyl (C=O) groups is 2. The Hall–Kier alpha value is -3.92. The third kappa shape index (κ3) is 7.57. The van der Waals surface area contributed by atoms with Crippen LogP contribution in [0.15, 0.2) is 77.7 Å². The highest BCUT2D eigenvalue weighted by Gasteiger charge is 2.32. The molecular weight excluding hydrogens is 521 g/mol. The summed E-state index contributed by atoms with van der Waals surface area (Å²) in [6.45, 7) is 7.49. The minimum Gasteiger partial charge on any atom is -0.494 e. The topological polar surface area (TPSA) is 96.0 Å². The van der Waals surface area contributed by atoms with E-state index >= 15 is 0 Å². The van der Waals surface area contributed by atoms with Crippen LogP contribution in [0.2, 0.25) is 0 Å². The molecule has 0 aromatic heterocycles. The van der Waals surface area contributed by atoms with Crippen molar-refractivity contribution in [2.75, 3.05) is 24.0 Å². The van der Waals surface area contributed by atoms with Crippen LogP contribution >= 0.6 is 0 Å². The zero-order valence-electron chi connectivity index (χ0n) is 22.6. The number of anilines is 1. The van der Waals surface area contributed by atoms with E-state index in [0.29, 0.717) is 18.9 Å². The molecule has 0 spiro atoms. The predicted molar refractivity (Wildman–Crippen MR) is 148 cm³/mol. The van der Waals surface area contributed by atoms with E-state index in [-0.39, 0.29) is 23.0 Å². The van der Waals surface area contributed by atoms with Crippen LogP contribution in [0.3, 0.4) is 0 Å². The lowest BCUT2D eigenvalue weighted by Crippen LogP contribution is -2.51. The SMILES string of the molecule is CCNC(=O)[C@H](C)N(Cc1ccc(C)cc1)C(=O)CN(c1ccc(OCC)cc1)S(=O)(=O)c1ccc(F)cc1. The largest absolute Gasteiger partial charge is 0.494 e. The Morgan fingerprint density at radius 3 is 2.13 bits per heavy atom. The fourth-order valence-corrected chi connectivity index (χ4v) is 5.35. The number of nitrogens with one attached hydrogen (secondary N) is 1. The van der Waals surface area contributed by atoms with Gasteiger partial charge in [-0.05, 0) is 81.8 Å². The van der Waals surface area contributed by atoms with Gasteiger partial charge in [0.1, 0.15) is 24.2 Å². The van der Waals surface area contributed by atoms with Crippen molar-refractivity contribution in [3.63, 3.8) is 0 Å². The van der Waals surface area contributed by atoms with Gasteiger partial charge in [0.15, 0.2) is 0 Å². The maximum atomic E-state index is 13.8. The van der Waals surface area contributed by atoms with Crippen LogP contribution in [0.1, 0.15) is 31.9 Å². The van der Waals surface area contributed by atoms with Gasteiger partial charge in [0.25, 0.3) is 10.0 Å². The van der Waals surface area contributed by atoms with Crippen molar-refractivity contribution in [3.8, 4) is 5.75 Å². The molecule has 0 saturated heterocycles. The second-order valence-corrected chi connectivity index (χ2v) is 10.8. The summed E-state index contributed by atoms with van der Waals surface area (Å²) in [6.07, 6.45) is 0. The molecule has 0 aliphatic rings. The number of aryl methyl sites for hydroxylation is 1. The van der Waals surface area contributed by atoms with Gasteiger partial charge in [-0.3, -0.25) is 13.9 Å². The van der Waals surface area contributed by atoms with Crippen LogP contribution in [-0.4, -0.2) is 50.9 Å². The Morgan fingerprint density at radius 2 is 1.56 bits per heavy atom. The van der Waals surface area contributed by atoms with Crippen molar-refractivity contribution in [2.24, 2.45) is 0 Å². The molecule has 3 aromatic carbocycles. The molecule has 1 atom stereocenters. The molecule has 0 fully saturated rings. The van der Waals surface area contributed by atoms with Crippen LogP contribution < -0.4 is 14.4 Å². The van der Waals surface area contributed by atoms with Crippen LogP contribution in [0.5, 0.6) is 5.75 Å². The average Bonchev–Trinajstić information content (AvgIpc) is 2.92. The summed E-state index contributed by atoms with van der Waals surface area (Å²) in [6, 6.07) is 17.4. The monoisotopic (exact) mass is 555 g/mol. The predicted octanol–water partition coefficient (Wildman–Crippen LogP) is 4.28. The summed E-state index contributed by atoms with van der Waals surface area (Å²) in [5, 5.41) is 2.73. The van der Waals surface area contributed by atoms with Crippen LogP contribution in [0, 0.1) is 12.7 Å². The Kier molecular flexibility index (Phi) is 10.1. The molecule has 0 unspecified atom stereocenters. The van der Waals surface area contributed by atoms with Gasteiger partial charge in [0.2, 0.25) is 11.8 Å². The summed E-state index contributed by atoms with van der Waals surface area (Å²) < 4.78 is 47.5. The summed E-state index contributed by atoms with van der Waals surface area (Å²) in [4.78, 5) is 27.7. The molecule has 3 rings (SSSR count). The van der Waals surface area contributed by atoms with Crippen molar-refractivity contribution >= 4 is 27.5 Å². The molecule has 0 bridgehead atoms. The normalized spacial score (nSPS) is 11.9. The van der Waals surface area contributed by atoms with Gasteiger partial charge in [-0.25, -0.2) is 12.8 Å². The lowest BCUT2D eigenvalue weighted by molar-refractivity contribution is -0.139. The maximum absolute atomic E-state index is 13.8. The quantitative estimate of drug-likeness (QED) is 0.360. The summed E-state index contributed by atoms with van der Waals surface area (Å²) in [7, 11) is -4.28. The molecule has 1 N–H and O–H groups in total. The second kappa shape index (κ2) is 13.2. The molecule has 0 heterocycles. The van der Waals surface area contributed by atoms with Gasteiger partial charge in [0.05, 0.1) is 17.2 Å². The van der Waals surface area contributed by atoms with Gasteiger partial charge < -0.3 is 15.0 Å². The molecule has 0 saturated carbocycles. The first-order valence-electron chi connectivity index (χ1n) is 12.7. The minimum atomic E-state index is -4.28. The molecule has 10 heteroatoms. The van der Waals surface area contributed by atoms with E-state index < -0.39 is 34.3 Å². The Balaban J connectivity index is 2.02. The summed E-state index contributed by atoms with van der Waals surface area (Å²) >= 11 is 0. The Bertz CT molecular complexity index is 1360. The van der Waals surface area contributed by atoms with E-state index in [1.54, 1.807) is 26.0 Å². The van der Waals surface area contributed by atoms with E-state index in [0.717, 1.165) is 39.7 Å². The molecule has 208 valence electrons. The van der Waals surface area contributed by atoms with Crippen LogP contribution in [0.25, 0.3) is 0 Å². The van der Waals surface area contributed by atoms with Crippen LogP contribution in [-0.2, 0) is 26.2 Å². The molecule has 0 aliphatic carbocycles. The number of halogens is 1. The van der Waals surface area contributed by atoms with Gasteiger partial charge in [-0.2, -0.15) is 0 Å². The number of hydrogen-bond donors (Lipinski definition) is 1. The van der Waals surface area contributed by atoms with E-state index in [1.165, 1.54) is 17.0 Å². The van der Waals surface area contributed by atoms with Gasteiger partial charge >= 0.3 is 0 Å². The van der Waals surface area contributed by atoms with Crippen molar-refractivity contribution < 1.29 is 27.1 Å². The molecular formula is C29H34FN3O5S. The average molecular weight is 556 g/mol. The summed E-state index contributed by atoms with van der Waals surface area (Å²) in [5.74, 6) is -0.976. The Morgan fingerprint density at radius 1 is 0.949 bits per heavy atom. The first-order valence-corrected chi connectivity index (χ1v) is 14.1. The first-order chi connectivity index (χ1) is 18.6. The third-order valence-corrected chi connectivity index (χ3v) is 7.90. The molecule has 3 aromatic rings. The smallest absolute Gasteiger partial charge is 0.264 e. The Labute approximate surface area is 229 Å². The second-order valence-electron chi connectivity index (χ2n) is 8.97. The van der Waals surface area contributed by atoms with Gasteiger partial charge in [0, 0.05) is 13.1 Å².